The van der Waals surface area contributed by atoms with Gasteiger partial charge in [0.05, 0.1) is 12.3 Å². The highest BCUT2D eigenvalue weighted by Crippen LogP contribution is 2.43. The summed E-state index contributed by atoms with van der Waals surface area (Å²) in [5.41, 5.74) is 9.63. The lowest BCUT2D eigenvalue weighted by molar-refractivity contribution is 0.184. The Morgan fingerprint density at radius 3 is 3.11 bits per heavy atom. The average molecular weight is 260 g/mol. The summed E-state index contributed by atoms with van der Waals surface area (Å²) in [6, 6.07) is 8.50. The lowest BCUT2D eigenvalue weighted by atomic mass is 9.94. The molecule has 3 rings (SSSR count). The Kier molecular flexibility index (Phi) is 3.06. The van der Waals surface area contributed by atoms with Crippen LogP contribution in [0.2, 0.25) is 0 Å². The van der Waals surface area contributed by atoms with Gasteiger partial charge in [-0.15, -0.1) is 11.3 Å². The Bertz CT molecular complexity index is 565. The predicted octanol–water partition coefficient (Wildman–Crippen LogP) is 2.95. The van der Waals surface area contributed by atoms with E-state index in [0.29, 0.717) is 17.7 Å². The zero-order valence-corrected chi connectivity index (χ0v) is 11.2. The molecule has 0 saturated heterocycles. The number of hydrogen-bond acceptors (Lipinski definition) is 4. The first kappa shape index (κ1) is 11.7. The molecule has 1 aliphatic carbocycles. The molecule has 1 heterocycles. The average Bonchev–Trinajstić information content (AvgIpc) is 2.89. The number of nitrogens with zero attached hydrogens (tertiary/aromatic N) is 1. The Labute approximate surface area is 111 Å². The van der Waals surface area contributed by atoms with E-state index in [0.717, 1.165) is 12.8 Å². The van der Waals surface area contributed by atoms with Crippen LogP contribution in [0.5, 0.6) is 0 Å². The molecule has 2 aromatic rings. The van der Waals surface area contributed by atoms with Crippen LogP contribution in [0.25, 0.3) is 0 Å². The summed E-state index contributed by atoms with van der Waals surface area (Å²) < 4.78 is 5.28. The minimum absolute atomic E-state index is 0.446. The Hall–Kier alpha value is -1.39. The quantitative estimate of drug-likeness (QED) is 0.923. The Morgan fingerprint density at radius 1 is 1.44 bits per heavy atom. The van der Waals surface area contributed by atoms with Gasteiger partial charge in [-0.3, -0.25) is 0 Å². The summed E-state index contributed by atoms with van der Waals surface area (Å²) >= 11 is 1.63. The highest BCUT2D eigenvalue weighted by Gasteiger charge is 2.29. The number of ether oxygens (including phenoxy) is 1. The molecule has 0 amide bonds. The molecule has 1 aromatic carbocycles. The number of aryl methyl sites for hydroxylation is 1. The highest BCUT2D eigenvalue weighted by molar-refractivity contribution is 7.15. The molecule has 0 spiro atoms. The van der Waals surface area contributed by atoms with Crippen LogP contribution in [0.3, 0.4) is 0 Å². The van der Waals surface area contributed by atoms with Gasteiger partial charge < -0.3 is 10.5 Å². The van der Waals surface area contributed by atoms with Crippen molar-refractivity contribution in [1.29, 1.82) is 0 Å². The van der Waals surface area contributed by atoms with E-state index in [1.165, 1.54) is 21.7 Å². The van der Waals surface area contributed by atoms with Gasteiger partial charge in [-0.1, -0.05) is 24.3 Å². The van der Waals surface area contributed by atoms with Crippen LogP contribution >= 0.6 is 11.3 Å². The lowest BCUT2D eigenvalue weighted by Crippen LogP contribution is -2.01. The molecular weight excluding hydrogens is 244 g/mol. The summed E-state index contributed by atoms with van der Waals surface area (Å²) in [4.78, 5) is 5.75. The zero-order chi connectivity index (χ0) is 12.5. The summed E-state index contributed by atoms with van der Waals surface area (Å²) in [7, 11) is 1.74. The fourth-order valence-electron chi connectivity index (χ4n) is 2.70. The molecule has 0 saturated carbocycles. The second kappa shape index (κ2) is 4.71. The fourth-order valence-corrected chi connectivity index (χ4v) is 3.74. The number of aromatic nitrogens is 1. The third-order valence-corrected chi connectivity index (χ3v) is 4.50. The Morgan fingerprint density at radius 2 is 2.28 bits per heavy atom. The topological polar surface area (TPSA) is 48.1 Å². The molecule has 1 aromatic heterocycles. The van der Waals surface area contributed by atoms with Crippen molar-refractivity contribution in [3.05, 3.63) is 46.0 Å². The number of thiazole rings is 1. The molecule has 4 heteroatoms. The molecule has 3 nitrogen and oxygen atoms in total. The third kappa shape index (κ3) is 1.91. The maximum absolute atomic E-state index is 5.81. The molecular formula is C14H16N2OS. The van der Waals surface area contributed by atoms with Crippen molar-refractivity contribution >= 4 is 16.5 Å². The van der Waals surface area contributed by atoms with Gasteiger partial charge in [0.25, 0.3) is 0 Å². The molecule has 1 unspecified atom stereocenters. The number of benzene rings is 1. The second-order valence-electron chi connectivity index (χ2n) is 4.59. The number of fused-ring (bicyclic) bond motifs is 1. The van der Waals surface area contributed by atoms with Gasteiger partial charge >= 0.3 is 0 Å². The van der Waals surface area contributed by atoms with E-state index >= 15 is 0 Å². The third-order valence-electron chi connectivity index (χ3n) is 3.46. The number of nitrogens with two attached hydrogens (primary N) is 1. The van der Waals surface area contributed by atoms with Crippen molar-refractivity contribution in [3.63, 3.8) is 0 Å². The molecule has 18 heavy (non-hydrogen) atoms. The number of hydrogen-bond donors (Lipinski definition) is 1. The summed E-state index contributed by atoms with van der Waals surface area (Å²) in [5.74, 6) is 0.446. The van der Waals surface area contributed by atoms with Crippen LogP contribution in [0, 0.1) is 0 Å². The highest BCUT2D eigenvalue weighted by atomic mass is 32.1. The van der Waals surface area contributed by atoms with Crippen molar-refractivity contribution in [2.45, 2.75) is 25.4 Å². The first-order chi connectivity index (χ1) is 8.79. The van der Waals surface area contributed by atoms with E-state index in [9.17, 15) is 0 Å². The molecule has 0 radical (unpaired) electrons. The minimum Gasteiger partial charge on any atom is -0.380 e. The van der Waals surface area contributed by atoms with Crippen LogP contribution in [-0.2, 0) is 17.8 Å². The van der Waals surface area contributed by atoms with Crippen LogP contribution in [0.1, 0.15) is 34.0 Å². The number of anilines is 1. The van der Waals surface area contributed by atoms with E-state index in [4.69, 9.17) is 10.5 Å². The largest absolute Gasteiger partial charge is 0.380 e. The van der Waals surface area contributed by atoms with Crippen molar-refractivity contribution in [3.8, 4) is 0 Å². The Balaban J connectivity index is 2.01. The predicted molar refractivity (Wildman–Crippen MR) is 73.8 cm³/mol. The number of rotatable bonds is 3. The summed E-state index contributed by atoms with van der Waals surface area (Å²) in [6.07, 6.45) is 2.17. The first-order valence-electron chi connectivity index (χ1n) is 6.11. The standard InChI is InChI=1S/C14H16N2OS/c1-17-8-9-4-2-3-5-10(9)11-6-7-12-13(11)18-14(15)16-12/h2-5,11H,6-8H2,1H3,(H2,15,16). The van der Waals surface area contributed by atoms with Crippen LogP contribution in [0.4, 0.5) is 5.13 Å². The van der Waals surface area contributed by atoms with E-state index < -0.39 is 0 Å². The van der Waals surface area contributed by atoms with Gasteiger partial charge in [0.2, 0.25) is 0 Å². The van der Waals surface area contributed by atoms with Crippen LogP contribution < -0.4 is 5.73 Å². The van der Waals surface area contributed by atoms with E-state index in [1.807, 2.05) is 0 Å². The minimum atomic E-state index is 0.446. The number of methoxy groups -OCH3 is 1. The molecule has 94 valence electrons. The van der Waals surface area contributed by atoms with Crippen LogP contribution in [0.15, 0.2) is 24.3 Å². The maximum Gasteiger partial charge on any atom is 0.180 e. The number of nitrogen functional groups attached to an aromatic ring is 1. The van der Waals surface area contributed by atoms with Gasteiger partial charge in [-0.2, -0.15) is 0 Å². The van der Waals surface area contributed by atoms with E-state index in [1.54, 1.807) is 18.4 Å². The smallest absolute Gasteiger partial charge is 0.180 e. The SMILES string of the molecule is COCc1ccccc1C1CCc2nc(N)sc21. The van der Waals surface area contributed by atoms with E-state index in [2.05, 4.69) is 29.2 Å². The van der Waals surface area contributed by atoms with E-state index in [-0.39, 0.29) is 0 Å². The fraction of sp³-hybridized carbons (Fsp3) is 0.357. The monoisotopic (exact) mass is 260 g/mol. The lowest BCUT2D eigenvalue weighted by Gasteiger charge is -2.14. The van der Waals surface area contributed by atoms with Gasteiger partial charge in [-0.05, 0) is 24.0 Å². The zero-order valence-electron chi connectivity index (χ0n) is 10.3. The molecule has 1 atom stereocenters. The van der Waals surface area contributed by atoms with Gasteiger partial charge in [0.15, 0.2) is 5.13 Å². The van der Waals surface area contributed by atoms with Gasteiger partial charge in [0.1, 0.15) is 0 Å². The summed E-state index contributed by atoms with van der Waals surface area (Å²) in [5, 5.41) is 0.689. The van der Waals surface area contributed by atoms with Gasteiger partial charge in [-0.25, -0.2) is 4.98 Å². The van der Waals surface area contributed by atoms with Crippen molar-refractivity contribution in [2.75, 3.05) is 12.8 Å². The molecule has 2 N–H and O–H groups in total. The van der Waals surface area contributed by atoms with Crippen molar-refractivity contribution < 1.29 is 4.74 Å². The summed E-state index contributed by atoms with van der Waals surface area (Å²) in [6.45, 7) is 0.663. The second-order valence-corrected chi connectivity index (χ2v) is 5.65. The molecule has 1 aliphatic rings. The maximum atomic E-state index is 5.81. The normalized spacial score (nSPS) is 17.9. The van der Waals surface area contributed by atoms with Crippen LogP contribution in [-0.4, -0.2) is 12.1 Å². The molecule has 0 bridgehead atoms. The first-order valence-corrected chi connectivity index (χ1v) is 6.93. The molecule has 0 fully saturated rings. The van der Waals surface area contributed by atoms with Crippen molar-refractivity contribution in [2.24, 2.45) is 0 Å². The van der Waals surface area contributed by atoms with Crippen molar-refractivity contribution in [1.82, 2.24) is 4.98 Å². The molecule has 0 aliphatic heterocycles. The van der Waals surface area contributed by atoms with Gasteiger partial charge in [0, 0.05) is 17.9 Å².